The van der Waals surface area contributed by atoms with E-state index in [-0.39, 0.29) is 102 Å². The van der Waals surface area contributed by atoms with Crippen molar-refractivity contribution in [1.82, 2.24) is 9.80 Å². The maximum Gasteiger partial charge on any atom is 0.263 e. The van der Waals surface area contributed by atoms with Crippen molar-refractivity contribution in [2.45, 2.75) is 6.29 Å². The van der Waals surface area contributed by atoms with E-state index in [9.17, 15) is 28.8 Å². The minimum atomic E-state index is -1.12. The maximum atomic E-state index is 14.5. The molecule has 1 unspecified atom stereocenters. The third kappa shape index (κ3) is 5.13. The molecule has 10 rings (SSSR count). The molecule has 0 saturated carbocycles. The van der Waals surface area contributed by atoms with Crippen molar-refractivity contribution in [3.05, 3.63) is 206 Å². The number of para-hydroxylation sites is 1. The predicted molar refractivity (Wildman–Crippen MR) is 210 cm³/mol. The minimum absolute atomic E-state index is 0.0435. The first kappa shape index (κ1) is 33.6. The van der Waals surface area contributed by atoms with E-state index in [2.05, 4.69) is 5.32 Å². The molecule has 11 heteroatoms. The van der Waals surface area contributed by atoms with Gasteiger partial charge in [0.05, 0.1) is 11.1 Å². The summed E-state index contributed by atoms with van der Waals surface area (Å²) in [6.45, 7) is -0.369. The summed E-state index contributed by atoms with van der Waals surface area (Å²) in [4.78, 5) is 97.0. The van der Waals surface area contributed by atoms with Gasteiger partial charge in [-0.1, -0.05) is 115 Å². The second kappa shape index (κ2) is 12.8. The van der Waals surface area contributed by atoms with Crippen molar-refractivity contribution >= 4 is 52.3 Å². The van der Waals surface area contributed by atoms with Gasteiger partial charge in [-0.3, -0.25) is 38.6 Å². The molecule has 0 saturated heterocycles. The van der Waals surface area contributed by atoms with Crippen LogP contribution in [0.1, 0.15) is 95.5 Å². The molecule has 6 aromatic rings. The molecule has 0 fully saturated rings. The van der Waals surface area contributed by atoms with Crippen molar-refractivity contribution < 1.29 is 28.8 Å². The number of amides is 2. The zero-order chi connectivity index (χ0) is 38.9. The summed E-state index contributed by atoms with van der Waals surface area (Å²) in [5.41, 5.74) is 3.16. The molecule has 0 aromatic heterocycles. The average Bonchev–Trinajstić information content (AvgIpc) is 3.49. The van der Waals surface area contributed by atoms with Gasteiger partial charge in [-0.25, -0.2) is 9.98 Å². The molecule has 2 aliphatic carbocycles. The number of imide groups is 1. The molecule has 2 heterocycles. The smallest absolute Gasteiger partial charge is 0.263 e. The van der Waals surface area contributed by atoms with Crippen LogP contribution in [0.2, 0.25) is 0 Å². The first-order valence-electron chi connectivity index (χ1n) is 18.1. The number of rotatable bonds is 6. The summed E-state index contributed by atoms with van der Waals surface area (Å²) in [7, 11) is 0. The lowest BCUT2D eigenvalue weighted by Gasteiger charge is -2.38. The van der Waals surface area contributed by atoms with E-state index in [1.807, 2.05) is 30.3 Å². The van der Waals surface area contributed by atoms with E-state index in [1.54, 1.807) is 114 Å². The molecule has 272 valence electrons. The number of anilines is 1. The highest BCUT2D eigenvalue weighted by atomic mass is 16.2. The number of benzene rings is 6. The van der Waals surface area contributed by atoms with Gasteiger partial charge in [0, 0.05) is 61.3 Å². The number of amidine groups is 2. The van der Waals surface area contributed by atoms with E-state index in [0.29, 0.717) is 5.69 Å². The molecular formula is C46H27N5O6. The largest absolute Gasteiger partial charge is 0.347 e. The highest BCUT2D eigenvalue weighted by Gasteiger charge is 2.42. The van der Waals surface area contributed by atoms with E-state index < -0.39 is 23.9 Å². The van der Waals surface area contributed by atoms with Gasteiger partial charge in [-0.2, -0.15) is 0 Å². The number of carbonyl (C=O) groups excluding carboxylic acids is 6. The number of hydrogen-bond acceptors (Lipinski definition) is 10. The van der Waals surface area contributed by atoms with E-state index in [4.69, 9.17) is 9.98 Å². The van der Waals surface area contributed by atoms with Crippen LogP contribution in [0.25, 0.3) is 0 Å². The second-order valence-corrected chi connectivity index (χ2v) is 13.8. The van der Waals surface area contributed by atoms with Gasteiger partial charge in [0.1, 0.15) is 12.5 Å². The van der Waals surface area contributed by atoms with Gasteiger partial charge >= 0.3 is 0 Å². The highest BCUT2D eigenvalue weighted by molar-refractivity contribution is 6.34. The van der Waals surface area contributed by atoms with E-state index in [0.717, 1.165) is 4.90 Å². The third-order valence-electron chi connectivity index (χ3n) is 10.7. The molecule has 11 nitrogen and oxygen atoms in total. The third-order valence-corrected chi connectivity index (χ3v) is 10.7. The molecule has 0 radical (unpaired) electrons. The Kier molecular flexibility index (Phi) is 7.58. The quantitative estimate of drug-likeness (QED) is 0.193. The topological polar surface area (TPSA) is 146 Å². The second-order valence-electron chi connectivity index (χ2n) is 13.8. The van der Waals surface area contributed by atoms with Crippen LogP contribution in [0.5, 0.6) is 0 Å². The van der Waals surface area contributed by atoms with E-state index >= 15 is 0 Å². The molecule has 57 heavy (non-hydrogen) atoms. The zero-order valence-corrected chi connectivity index (χ0v) is 29.8. The molecule has 6 aromatic carbocycles. The van der Waals surface area contributed by atoms with Crippen molar-refractivity contribution in [2.75, 3.05) is 12.0 Å². The van der Waals surface area contributed by atoms with Crippen molar-refractivity contribution in [3.63, 3.8) is 0 Å². The summed E-state index contributed by atoms with van der Waals surface area (Å²) in [6, 6.07) is 38.6. The monoisotopic (exact) mass is 745 g/mol. The summed E-state index contributed by atoms with van der Waals surface area (Å²) in [5.74, 6) is -2.39. The lowest BCUT2D eigenvalue weighted by Crippen LogP contribution is -2.53. The van der Waals surface area contributed by atoms with Crippen molar-refractivity contribution in [3.8, 4) is 0 Å². The first-order chi connectivity index (χ1) is 27.8. The van der Waals surface area contributed by atoms with Crippen LogP contribution in [-0.4, -0.2) is 69.4 Å². The Bertz CT molecular complexity index is 2860. The van der Waals surface area contributed by atoms with Gasteiger partial charge in [-0.15, -0.1) is 0 Å². The standard InChI is InChI=1S/C46H27N5O6/c52-38-26-14-4-6-16-28(26)40(54)36-32(38)20-10-22-34(36)42-48-43(35-23-11-21-33-37(35)41(55)29-17-7-5-15-27(29)39(33)53)50(46(49-42)47-25-12-2-1-3-13-25)24-51-44(56)30-18-8-9-19-31(30)45(51)57/h1-23,46-47H,24H2. The normalized spacial score (nSPS) is 16.7. The van der Waals surface area contributed by atoms with Crippen LogP contribution >= 0.6 is 0 Å². The number of fused-ring (bicyclic) bond motifs is 5. The molecule has 0 spiro atoms. The van der Waals surface area contributed by atoms with Gasteiger partial charge in [0.2, 0.25) is 6.29 Å². The fourth-order valence-electron chi connectivity index (χ4n) is 7.96. The van der Waals surface area contributed by atoms with Crippen LogP contribution in [0.4, 0.5) is 5.69 Å². The molecule has 2 amide bonds. The lowest BCUT2D eigenvalue weighted by molar-refractivity contribution is 0.0578. The Morgan fingerprint density at radius 2 is 0.860 bits per heavy atom. The fourth-order valence-corrected chi connectivity index (χ4v) is 7.96. The van der Waals surface area contributed by atoms with Crippen molar-refractivity contribution in [1.29, 1.82) is 0 Å². The van der Waals surface area contributed by atoms with Gasteiger partial charge in [0.25, 0.3) is 11.8 Å². The Morgan fingerprint density at radius 1 is 0.439 bits per heavy atom. The van der Waals surface area contributed by atoms with Crippen molar-refractivity contribution in [2.24, 2.45) is 9.98 Å². The maximum absolute atomic E-state index is 14.5. The molecule has 4 aliphatic rings. The van der Waals surface area contributed by atoms with Crippen LogP contribution in [0.3, 0.4) is 0 Å². The summed E-state index contributed by atoms with van der Waals surface area (Å²) >= 11 is 0. The number of hydrogen-bond donors (Lipinski definition) is 1. The highest BCUT2D eigenvalue weighted by Crippen LogP contribution is 2.35. The minimum Gasteiger partial charge on any atom is -0.347 e. The zero-order valence-electron chi connectivity index (χ0n) is 29.8. The predicted octanol–water partition coefficient (Wildman–Crippen LogP) is 6.40. The SMILES string of the molecule is O=C1c2ccccc2C(=O)c2c1cccc2C1=NC(Nc2ccccc2)N(CN2C(=O)c3ccccc3C2=O)C(c2cccc3c2C(=O)c2ccccc2C3=O)=N1. The number of carbonyl (C=O) groups is 6. The van der Waals surface area contributed by atoms with Crippen LogP contribution < -0.4 is 5.32 Å². The van der Waals surface area contributed by atoms with Crippen LogP contribution in [0, 0.1) is 0 Å². The van der Waals surface area contributed by atoms with Gasteiger partial charge < -0.3 is 5.32 Å². The average molecular weight is 746 g/mol. The number of nitrogens with one attached hydrogen (secondary N) is 1. The summed E-state index contributed by atoms with van der Waals surface area (Å²) in [5, 5.41) is 3.39. The van der Waals surface area contributed by atoms with Crippen LogP contribution in [0.15, 0.2) is 150 Å². The number of nitrogens with zero attached hydrogens (tertiary/aromatic N) is 4. The fraction of sp³-hybridized carbons (Fsp3) is 0.0435. The molecule has 0 bridgehead atoms. The summed E-state index contributed by atoms with van der Waals surface area (Å²) in [6.07, 6.45) is -1.12. The molecule has 2 aliphatic heterocycles. The molecule has 1 atom stereocenters. The summed E-state index contributed by atoms with van der Waals surface area (Å²) < 4.78 is 0. The first-order valence-corrected chi connectivity index (χ1v) is 18.1. The lowest BCUT2D eigenvalue weighted by atomic mass is 9.81. The Morgan fingerprint density at radius 3 is 1.40 bits per heavy atom. The molecular weight excluding hydrogens is 719 g/mol. The Balaban J connectivity index is 1.20. The van der Waals surface area contributed by atoms with Crippen LogP contribution in [-0.2, 0) is 0 Å². The van der Waals surface area contributed by atoms with E-state index in [1.165, 1.54) is 0 Å². The molecule has 1 N–H and O–H groups in total. The van der Waals surface area contributed by atoms with Gasteiger partial charge in [0.15, 0.2) is 29.0 Å². The Labute approximate surface area is 324 Å². The number of aliphatic imine (C=N–C) groups is 2. The number of ketones is 4. The Hall–Kier alpha value is -7.92. The van der Waals surface area contributed by atoms with Gasteiger partial charge in [-0.05, 0) is 24.3 Å².